The molecule has 0 aromatic carbocycles. The molecule has 0 nitrogen and oxygen atoms in total. The number of hydrogen-bond acceptors (Lipinski definition) is 0. The Labute approximate surface area is 56.6 Å². The molecule has 0 amide bonds. The van der Waals surface area contributed by atoms with E-state index in [1.54, 1.807) is 0 Å². The molecule has 0 aliphatic heterocycles. The van der Waals surface area contributed by atoms with Crippen LogP contribution in [-0.2, 0) is 0 Å². The molecule has 0 aromatic rings. The maximum Gasteiger partial charge on any atom is 0.169 e. The first-order chi connectivity index (χ1) is 2.94. The molecule has 0 atom stereocenters. The monoisotopic (exact) mass is 171 g/mol. The summed E-state index contributed by atoms with van der Waals surface area (Å²) in [5, 5.41) is 0. The fourth-order valence-electron chi connectivity index (χ4n) is 0. The van der Waals surface area contributed by atoms with E-state index >= 15 is 0 Å². The third kappa shape index (κ3) is 3.58. The van der Waals surface area contributed by atoms with Gasteiger partial charge in [-0.15, -0.1) is 0 Å². The lowest BCUT2D eigenvalue weighted by molar-refractivity contribution is 2.02. The van der Waals surface area contributed by atoms with Gasteiger partial charge in [0.2, 0.25) is 0 Å². The Bertz CT molecular complexity index is 56.4. The van der Waals surface area contributed by atoms with Crippen molar-refractivity contribution in [3.8, 4) is 0 Å². The summed E-state index contributed by atoms with van der Waals surface area (Å²) in [5.74, 6) is 0. The standard InChI is InChI=1S/C3H9Cl2Si2/c1-6(4)7(2,3)5/h1-3H3. The van der Waals surface area contributed by atoms with Crippen molar-refractivity contribution in [2.45, 2.75) is 19.6 Å². The highest BCUT2D eigenvalue weighted by Crippen LogP contribution is 2.13. The largest absolute Gasteiger partial charge is 0.171 e. The third-order valence-corrected chi connectivity index (χ3v) is 15.0. The molecule has 7 heavy (non-hydrogen) atoms. The van der Waals surface area contributed by atoms with E-state index in [1.807, 2.05) is 6.55 Å². The van der Waals surface area contributed by atoms with Gasteiger partial charge in [0.25, 0.3) is 0 Å². The van der Waals surface area contributed by atoms with Crippen molar-refractivity contribution < 1.29 is 0 Å². The van der Waals surface area contributed by atoms with Crippen molar-refractivity contribution in [2.24, 2.45) is 0 Å². The first-order valence-electron chi connectivity index (χ1n) is 2.13. The number of halogens is 2. The average Bonchev–Trinajstić information content (AvgIpc) is 1.31. The smallest absolute Gasteiger partial charge is 0.169 e. The van der Waals surface area contributed by atoms with Crippen molar-refractivity contribution >= 4 is 36.7 Å². The van der Waals surface area contributed by atoms with Crippen LogP contribution in [0.1, 0.15) is 0 Å². The van der Waals surface area contributed by atoms with Crippen LogP contribution in [-0.4, -0.2) is 14.5 Å². The summed E-state index contributed by atoms with van der Waals surface area (Å²) in [6.45, 7) is 4.81. The van der Waals surface area contributed by atoms with Gasteiger partial charge in [0.05, 0.1) is 0 Å². The lowest BCUT2D eigenvalue weighted by Gasteiger charge is -2.11. The van der Waals surface area contributed by atoms with E-state index in [2.05, 4.69) is 13.1 Å². The second-order valence-corrected chi connectivity index (χ2v) is 18.5. The molecule has 4 heteroatoms. The lowest BCUT2D eigenvalue weighted by atomic mass is 11.9. The van der Waals surface area contributed by atoms with Crippen LogP contribution in [0.3, 0.4) is 0 Å². The van der Waals surface area contributed by atoms with Gasteiger partial charge in [-0.3, -0.25) is 0 Å². The predicted molar refractivity (Wildman–Crippen MR) is 40.8 cm³/mol. The predicted octanol–water partition coefficient (Wildman–Crippen LogP) is 2.37. The molecule has 0 aliphatic carbocycles. The lowest BCUT2D eigenvalue weighted by Crippen LogP contribution is -2.32. The van der Waals surface area contributed by atoms with E-state index in [-0.39, 0.29) is 0 Å². The first kappa shape index (κ1) is 8.01. The minimum atomic E-state index is -1.40. The number of hydrogen-bond donors (Lipinski definition) is 0. The van der Waals surface area contributed by atoms with Crippen LogP contribution in [0.4, 0.5) is 0 Å². The van der Waals surface area contributed by atoms with E-state index < -0.39 is 14.5 Å². The van der Waals surface area contributed by atoms with Crippen molar-refractivity contribution in [3.05, 3.63) is 0 Å². The molecule has 0 fully saturated rings. The molecule has 0 heterocycles. The van der Waals surface area contributed by atoms with Crippen LogP contribution in [0.5, 0.6) is 0 Å². The summed E-state index contributed by atoms with van der Waals surface area (Å²) in [6, 6.07) is 0. The normalized spacial score (nSPS) is 12.9. The minimum Gasteiger partial charge on any atom is -0.171 e. The van der Waals surface area contributed by atoms with E-state index in [4.69, 9.17) is 22.2 Å². The maximum absolute atomic E-state index is 5.92. The topological polar surface area (TPSA) is 0 Å². The van der Waals surface area contributed by atoms with E-state index in [0.29, 0.717) is 0 Å². The highest BCUT2D eigenvalue weighted by molar-refractivity contribution is 7.63. The molecular weight excluding hydrogens is 163 g/mol. The van der Waals surface area contributed by atoms with Gasteiger partial charge in [-0.1, -0.05) is 19.6 Å². The zero-order valence-electron chi connectivity index (χ0n) is 4.76. The second-order valence-electron chi connectivity index (χ2n) is 2.01. The van der Waals surface area contributed by atoms with Crippen LogP contribution in [0, 0.1) is 0 Å². The summed E-state index contributed by atoms with van der Waals surface area (Å²) in [5.41, 5.74) is 0. The van der Waals surface area contributed by atoms with E-state index in [9.17, 15) is 0 Å². The van der Waals surface area contributed by atoms with Crippen LogP contribution < -0.4 is 0 Å². The Morgan fingerprint density at radius 2 is 1.57 bits per heavy atom. The Balaban J connectivity index is 3.54. The van der Waals surface area contributed by atoms with Gasteiger partial charge in [0.1, 0.15) is 0 Å². The zero-order valence-corrected chi connectivity index (χ0v) is 8.27. The molecule has 1 radical (unpaired) electrons. The molecule has 0 N–H and O–H groups in total. The Kier molecular flexibility index (Phi) is 2.90. The molecule has 0 bridgehead atoms. The first-order valence-corrected chi connectivity index (χ1v) is 10.2. The average molecular weight is 172 g/mol. The van der Waals surface area contributed by atoms with Gasteiger partial charge in [-0.05, 0) is 0 Å². The SMILES string of the molecule is C[Si](Cl)[Si](C)(C)Cl. The van der Waals surface area contributed by atoms with Gasteiger partial charge in [0.15, 0.2) is 14.5 Å². The van der Waals surface area contributed by atoms with Gasteiger partial charge < -0.3 is 0 Å². The van der Waals surface area contributed by atoms with Crippen molar-refractivity contribution in [3.63, 3.8) is 0 Å². The van der Waals surface area contributed by atoms with E-state index in [1.165, 1.54) is 0 Å². The van der Waals surface area contributed by atoms with Crippen LogP contribution in [0.2, 0.25) is 19.6 Å². The fourth-order valence-corrected chi connectivity index (χ4v) is 0. The van der Waals surface area contributed by atoms with Gasteiger partial charge >= 0.3 is 0 Å². The summed E-state index contributed by atoms with van der Waals surface area (Å²) < 4.78 is 0. The molecule has 0 aromatic heterocycles. The third-order valence-electron chi connectivity index (χ3n) is 0.819. The summed E-state index contributed by atoms with van der Waals surface area (Å²) in [6.07, 6.45) is 0. The Morgan fingerprint density at radius 3 is 1.57 bits per heavy atom. The van der Waals surface area contributed by atoms with Crippen molar-refractivity contribution in [2.75, 3.05) is 0 Å². The van der Waals surface area contributed by atoms with Crippen LogP contribution in [0.25, 0.3) is 0 Å². The molecule has 0 rings (SSSR count). The van der Waals surface area contributed by atoms with Crippen molar-refractivity contribution in [1.82, 2.24) is 0 Å². The molecule has 0 aliphatic rings. The Hall–Kier alpha value is 1.01. The molecule has 0 saturated heterocycles. The Morgan fingerprint density at radius 1 is 1.43 bits per heavy atom. The minimum absolute atomic E-state index is 0.674. The second kappa shape index (κ2) is 2.53. The summed E-state index contributed by atoms with van der Waals surface area (Å²) in [7, 11) is -0.674. The quantitative estimate of drug-likeness (QED) is 0.420. The molecule has 0 unspecified atom stereocenters. The van der Waals surface area contributed by atoms with E-state index in [0.717, 1.165) is 0 Å². The zero-order chi connectivity index (χ0) is 6.08. The maximum atomic E-state index is 5.92. The fraction of sp³-hybridized carbons (Fsp3) is 1.00. The molecular formula is C3H9Cl2Si2. The van der Waals surface area contributed by atoms with Crippen LogP contribution >= 0.6 is 22.2 Å². The number of rotatable bonds is 1. The summed E-state index contributed by atoms with van der Waals surface area (Å²) >= 11 is 11.7. The molecule has 0 saturated carbocycles. The summed E-state index contributed by atoms with van der Waals surface area (Å²) in [4.78, 5) is 0. The molecule has 0 spiro atoms. The van der Waals surface area contributed by atoms with Crippen LogP contribution in [0.15, 0.2) is 0 Å². The van der Waals surface area contributed by atoms with Gasteiger partial charge in [-0.25, -0.2) is 0 Å². The highest BCUT2D eigenvalue weighted by atomic mass is 35.6. The molecule has 43 valence electrons. The van der Waals surface area contributed by atoms with Gasteiger partial charge in [-0.2, -0.15) is 22.2 Å². The van der Waals surface area contributed by atoms with Gasteiger partial charge in [0, 0.05) is 0 Å². The highest BCUT2D eigenvalue weighted by Gasteiger charge is 2.25. The van der Waals surface area contributed by atoms with Crippen molar-refractivity contribution in [1.29, 1.82) is 0 Å².